The van der Waals surface area contributed by atoms with Gasteiger partial charge in [-0.2, -0.15) is 4.98 Å². The molecule has 3 aromatic rings. The highest BCUT2D eigenvalue weighted by molar-refractivity contribution is 5.57. The molecule has 0 aliphatic heterocycles. The Morgan fingerprint density at radius 2 is 2.20 bits per heavy atom. The first-order chi connectivity index (χ1) is 9.72. The molecule has 3 rings (SSSR count). The van der Waals surface area contributed by atoms with Crippen molar-refractivity contribution in [2.24, 2.45) is 0 Å². The Balaban J connectivity index is 1.86. The molecule has 0 aliphatic rings. The topological polar surface area (TPSA) is 42.7 Å². The molecule has 5 heteroatoms. The average molecular weight is 267 g/mol. The Morgan fingerprint density at radius 1 is 1.30 bits per heavy atom. The number of aromatic nitrogens is 3. The Kier molecular flexibility index (Phi) is 3.16. The first-order valence-electron chi connectivity index (χ1n) is 6.14. The molecular formula is C15H12FN4. The van der Waals surface area contributed by atoms with Gasteiger partial charge in [-0.1, -0.05) is 18.2 Å². The molecule has 0 saturated heterocycles. The van der Waals surface area contributed by atoms with E-state index in [1.165, 1.54) is 16.8 Å². The summed E-state index contributed by atoms with van der Waals surface area (Å²) in [5, 5.41) is 7.38. The lowest BCUT2D eigenvalue weighted by Crippen LogP contribution is -1.98. The minimum Gasteiger partial charge on any atom is -0.323 e. The van der Waals surface area contributed by atoms with Gasteiger partial charge in [0.05, 0.1) is 5.69 Å². The van der Waals surface area contributed by atoms with Crippen molar-refractivity contribution in [1.82, 2.24) is 14.8 Å². The SMILES string of the molecule is Cc1cc[c]cc1Nc1ncn(-c2cccc(F)c2)n1. The summed E-state index contributed by atoms with van der Waals surface area (Å²) < 4.78 is 14.7. The number of hydrogen-bond donors (Lipinski definition) is 1. The molecule has 4 nitrogen and oxygen atoms in total. The van der Waals surface area contributed by atoms with Crippen LogP contribution >= 0.6 is 0 Å². The van der Waals surface area contributed by atoms with E-state index in [2.05, 4.69) is 21.5 Å². The molecule has 1 radical (unpaired) electrons. The van der Waals surface area contributed by atoms with Gasteiger partial charge in [-0.3, -0.25) is 0 Å². The summed E-state index contributed by atoms with van der Waals surface area (Å²) in [4.78, 5) is 4.16. The Bertz CT molecular complexity index is 736. The largest absolute Gasteiger partial charge is 0.323 e. The third-order valence-electron chi connectivity index (χ3n) is 2.89. The normalized spacial score (nSPS) is 10.5. The fourth-order valence-corrected chi connectivity index (χ4v) is 1.83. The quantitative estimate of drug-likeness (QED) is 0.792. The van der Waals surface area contributed by atoms with E-state index < -0.39 is 0 Å². The number of rotatable bonds is 3. The van der Waals surface area contributed by atoms with E-state index in [1.54, 1.807) is 18.5 Å². The zero-order valence-corrected chi connectivity index (χ0v) is 10.8. The molecule has 0 aliphatic carbocycles. The summed E-state index contributed by atoms with van der Waals surface area (Å²) in [7, 11) is 0. The molecule has 0 unspecified atom stereocenters. The molecule has 1 aromatic heterocycles. The van der Waals surface area contributed by atoms with Crippen molar-refractivity contribution in [3.05, 3.63) is 66.2 Å². The highest BCUT2D eigenvalue weighted by Crippen LogP contribution is 2.17. The van der Waals surface area contributed by atoms with Crippen LogP contribution in [0.1, 0.15) is 5.56 Å². The fraction of sp³-hybridized carbons (Fsp3) is 0.0667. The van der Waals surface area contributed by atoms with Gasteiger partial charge in [0, 0.05) is 5.69 Å². The molecule has 0 bridgehead atoms. The Hall–Kier alpha value is -2.69. The number of nitrogens with one attached hydrogen (secondary N) is 1. The predicted molar refractivity (Wildman–Crippen MR) is 74.6 cm³/mol. The summed E-state index contributed by atoms with van der Waals surface area (Å²) in [5.41, 5.74) is 2.59. The number of benzene rings is 2. The van der Waals surface area contributed by atoms with Gasteiger partial charge >= 0.3 is 0 Å². The molecule has 0 saturated carbocycles. The van der Waals surface area contributed by atoms with Crippen LogP contribution in [0.15, 0.2) is 48.8 Å². The van der Waals surface area contributed by atoms with Crippen LogP contribution in [0, 0.1) is 18.8 Å². The molecule has 2 aromatic carbocycles. The van der Waals surface area contributed by atoms with Crippen LogP contribution in [0.2, 0.25) is 0 Å². The van der Waals surface area contributed by atoms with Crippen molar-refractivity contribution in [3.63, 3.8) is 0 Å². The third-order valence-corrected chi connectivity index (χ3v) is 2.89. The minimum atomic E-state index is -0.305. The maximum atomic E-state index is 13.2. The number of halogens is 1. The van der Waals surface area contributed by atoms with Crippen LogP contribution in [0.25, 0.3) is 5.69 Å². The van der Waals surface area contributed by atoms with E-state index in [1.807, 2.05) is 25.1 Å². The second kappa shape index (κ2) is 5.13. The maximum absolute atomic E-state index is 13.2. The third kappa shape index (κ3) is 2.51. The van der Waals surface area contributed by atoms with Crippen LogP contribution in [0.5, 0.6) is 0 Å². The van der Waals surface area contributed by atoms with Crippen molar-refractivity contribution in [3.8, 4) is 5.69 Å². The average Bonchev–Trinajstić information content (AvgIpc) is 2.90. The predicted octanol–water partition coefficient (Wildman–Crippen LogP) is 3.26. The van der Waals surface area contributed by atoms with Gasteiger partial charge in [-0.05, 0) is 42.8 Å². The molecule has 20 heavy (non-hydrogen) atoms. The van der Waals surface area contributed by atoms with Gasteiger partial charge in [0.2, 0.25) is 5.95 Å². The second-order valence-corrected chi connectivity index (χ2v) is 4.36. The van der Waals surface area contributed by atoms with E-state index in [-0.39, 0.29) is 5.82 Å². The number of nitrogens with zero attached hydrogens (tertiary/aromatic N) is 3. The van der Waals surface area contributed by atoms with E-state index in [4.69, 9.17) is 0 Å². The van der Waals surface area contributed by atoms with Gasteiger partial charge < -0.3 is 5.32 Å². The van der Waals surface area contributed by atoms with Gasteiger partial charge in [0.15, 0.2) is 0 Å². The van der Waals surface area contributed by atoms with E-state index in [0.717, 1.165) is 11.3 Å². The molecule has 1 N–H and O–H groups in total. The van der Waals surface area contributed by atoms with Gasteiger partial charge in [0.25, 0.3) is 0 Å². The first kappa shape index (κ1) is 12.3. The fourth-order valence-electron chi connectivity index (χ4n) is 1.83. The molecular weight excluding hydrogens is 255 g/mol. The molecule has 1 heterocycles. The van der Waals surface area contributed by atoms with Crippen molar-refractivity contribution in [2.45, 2.75) is 6.92 Å². The van der Waals surface area contributed by atoms with Gasteiger partial charge in [0.1, 0.15) is 12.1 Å². The summed E-state index contributed by atoms with van der Waals surface area (Å²) in [6.45, 7) is 1.99. The van der Waals surface area contributed by atoms with Crippen LogP contribution in [-0.4, -0.2) is 14.8 Å². The van der Waals surface area contributed by atoms with Crippen LogP contribution in [-0.2, 0) is 0 Å². The Morgan fingerprint density at radius 3 is 3.00 bits per heavy atom. The summed E-state index contributed by atoms with van der Waals surface area (Å²) >= 11 is 0. The highest BCUT2D eigenvalue weighted by Gasteiger charge is 2.05. The summed E-state index contributed by atoms with van der Waals surface area (Å²) in [6.07, 6.45) is 1.54. The van der Waals surface area contributed by atoms with Crippen molar-refractivity contribution in [2.75, 3.05) is 5.32 Å². The van der Waals surface area contributed by atoms with Crippen molar-refractivity contribution in [1.29, 1.82) is 0 Å². The molecule has 0 atom stereocenters. The lowest BCUT2D eigenvalue weighted by Gasteiger charge is -2.04. The Labute approximate surface area is 115 Å². The molecule has 0 spiro atoms. The van der Waals surface area contributed by atoms with E-state index in [9.17, 15) is 4.39 Å². The highest BCUT2D eigenvalue weighted by atomic mass is 19.1. The second-order valence-electron chi connectivity index (χ2n) is 4.36. The van der Waals surface area contributed by atoms with Gasteiger partial charge in [-0.15, -0.1) is 5.10 Å². The molecule has 0 amide bonds. The van der Waals surface area contributed by atoms with Crippen LogP contribution in [0.4, 0.5) is 16.0 Å². The standard InChI is InChI=1S/C15H12FN4/c1-11-5-2-3-8-14(11)18-15-17-10-20(19-15)13-7-4-6-12(16)9-13/h2,4-10H,1H3,(H,18,19). The first-order valence-corrected chi connectivity index (χ1v) is 6.14. The molecule has 99 valence electrons. The smallest absolute Gasteiger partial charge is 0.246 e. The van der Waals surface area contributed by atoms with Crippen molar-refractivity contribution < 1.29 is 4.39 Å². The lowest BCUT2D eigenvalue weighted by atomic mass is 10.2. The minimum absolute atomic E-state index is 0.305. The van der Waals surface area contributed by atoms with Crippen molar-refractivity contribution >= 4 is 11.6 Å². The molecule has 0 fully saturated rings. The lowest BCUT2D eigenvalue weighted by molar-refractivity contribution is 0.625. The monoisotopic (exact) mass is 267 g/mol. The summed E-state index contributed by atoms with van der Waals surface area (Å²) in [5.74, 6) is 0.151. The van der Waals surface area contributed by atoms with E-state index >= 15 is 0 Å². The number of anilines is 2. The van der Waals surface area contributed by atoms with E-state index in [0.29, 0.717) is 11.6 Å². The van der Waals surface area contributed by atoms with Crippen LogP contribution < -0.4 is 5.32 Å². The van der Waals surface area contributed by atoms with Gasteiger partial charge in [-0.25, -0.2) is 9.07 Å². The number of hydrogen-bond acceptors (Lipinski definition) is 3. The zero-order chi connectivity index (χ0) is 13.9. The number of aryl methyl sites for hydroxylation is 1. The zero-order valence-electron chi connectivity index (χ0n) is 10.8. The maximum Gasteiger partial charge on any atom is 0.246 e. The van der Waals surface area contributed by atoms with Crippen LogP contribution in [0.3, 0.4) is 0 Å². The summed E-state index contributed by atoms with van der Waals surface area (Å²) in [6, 6.07) is 14.8.